The summed E-state index contributed by atoms with van der Waals surface area (Å²) in [5.41, 5.74) is 7.43. The summed E-state index contributed by atoms with van der Waals surface area (Å²) in [6, 6.07) is 10.1. The Morgan fingerprint density at radius 3 is 2.80 bits per heavy atom. The maximum Gasteiger partial charge on any atom is 0.168 e. The Labute approximate surface area is 130 Å². The van der Waals surface area contributed by atoms with Crippen LogP contribution in [0.15, 0.2) is 40.9 Å². The number of methoxy groups -OCH3 is 1. The van der Waals surface area contributed by atoms with Gasteiger partial charge in [-0.15, -0.1) is 0 Å². The molecule has 0 amide bonds. The third-order valence-corrected chi connectivity index (χ3v) is 3.90. The van der Waals surface area contributed by atoms with Crippen molar-refractivity contribution in [2.24, 2.45) is 5.73 Å². The quantitative estimate of drug-likeness (QED) is 0.874. The monoisotopic (exact) mass is 357 g/mol. The van der Waals surface area contributed by atoms with Crippen molar-refractivity contribution in [1.82, 2.24) is 0 Å². The lowest BCUT2D eigenvalue weighted by atomic mass is 9.99. The minimum absolute atomic E-state index is 0.218. The highest BCUT2D eigenvalue weighted by Crippen LogP contribution is 2.29. The lowest BCUT2D eigenvalue weighted by Crippen LogP contribution is -2.15. The molecule has 1 atom stereocenters. The molecule has 0 spiro atoms. The van der Waals surface area contributed by atoms with Crippen LogP contribution in [0.1, 0.15) is 17.2 Å². The van der Waals surface area contributed by atoms with Gasteiger partial charge in [-0.1, -0.05) is 39.7 Å². The Balaban J connectivity index is 2.28. The summed E-state index contributed by atoms with van der Waals surface area (Å²) in [5.74, 6) is -0.161. The molecule has 0 aliphatic heterocycles. The van der Waals surface area contributed by atoms with Crippen molar-refractivity contribution in [3.05, 3.63) is 62.8 Å². The van der Waals surface area contributed by atoms with E-state index in [9.17, 15) is 4.39 Å². The van der Waals surface area contributed by atoms with Crippen molar-refractivity contribution in [2.45, 2.75) is 12.5 Å². The standard InChI is InChI=1S/C15H14BrClFNO/c1-20-14-4-2-3-9(15(14)18)7-13(19)11-8-10(16)5-6-12(11)17/h2-6,8,13H,7,19H2,1H3. The van der Waals surface area contributed by atoms with Crippen molar-refractivity contribution in [2.75, 3.05) is 7.11 Å². The molecule has 0 saturated carbocycles. The molecule has 20 heavy (non-hydrogen) atoms. The van der Waals surface area contributed by atoms with Crippen LogP contribution >= 0.6 is 27.5 Å². The molecule has 5 heteroatoms. The third kappa shape index (κ3) is 3.32. The second kappa shape index (κ2) is 6.57. The van der Waals surface area contributed by atoms with E-state index in [1.165, 1.54) is 7.11 Å². The first-order valence-corrected chi connectivity index (χ1v) is 7.22. The van der Waals surface area contributed by atoms with E-state index in [2.05, 4.69) is 15.9 Å². The fourth-order valence-electron chi connectivity index (χ4n) is 2.02. The molecule has 0 aliphatic rings. The fourth-order valence-corrected chi connectivity index (χ4v) is 2.65. The second-order valence-corrected chi connectivity index (χ2v) is 5.73. The van der Waals surface area contributed by atoms with E-state index in [1.807, 2.05) is 12.1 Å². The van der Waals surface area contributed by atoms with Crippen LogP contribution in [0.2, 0.25) is 5.02 Å². The lowest BCUT2D eigenvalue weighted by molar-refractivity contribution is 0.383. The summed E-state index contributed by atoms with van der Waals surface area (Å²) in [6.45, 7) is 0. The van der Waals surface area contributed by atoms with Gasteiger partial charge in [-0.25, -0.2) is 4.39 Å². The molecule has 2 rings (SSSR count). The van der Waals surface area contributed by atoms with Gasteiger partial charge in [-0.05, 0) is 41.8 Å². The van der Waals surface area contributed by atoms with Gasteiger partial charge in [0.1, 0.15) is 0 Å². The summed E-state index contributed by atoms with van der Waals surface area (Å²) < 4.78 is 20.0. The smallest absolute Gasteiger partial charge is 0.168 e. The predicted molar refractivity (Wildman–Crippen MR) is 82.7 cm³/mol. The maximum atomic E-state index is 14.1. The van der Waals surface area contributed by atoms with E-state index in [0.29, 0.717) is 17.0 Å². The molecule has 0 bridgehead atoms. The van der Waals surface area contributed by atoms with Gasteiger partial charge in [0.15, 0.2) is 11.6 Å². The minimum Gasteiger partial charge on any atom is -0.494 e. The molecule has 0 saturated heterocycles. The van der Waals surface area contributed by atoms with Gasteiger partial charge < -0.3 is 10.5 Å². The average molecular weight is 359 g/mol. The van der Waals surface area contributed by atoms with E-state index < -0.39 is 0 Å². The van der Waals surface area contributed by atoms with Gasteiger partial charge in [0.2, 0.25) is 0 Å². The van der Waals surface area contributed by atoms with Gasteiger partial charge >= 0.3 is 0 Å². The molecule has 0 aliphatic carbocycles. The molecule has 0 heterocycles. The molecule has 106 valence electrons. The van der Waals surface area contributed by atoms with Crippen LogP contribution in [0.4, 0.5) is 4.39 Å². The molecular weight excluding hydrogens is 345 g/mol. The SMILES string of the molecule is COc1cccc(CC(N)c2cc(Br)ccc2Cl)c1F. The fraction of sp³-hybridized carbons (Fsp3) is 0.200. The van der Waals surface area contributed by atoms with Crippen LogP contribution in [0, 0.1) is 5.82 Å². The van der Waals surface area contributed by atoms with Gasteiger partial charge in [0.05, 0.1) is 7.11 Å². The Kier molecular flexibility index (Phi) is 5.02. The number of hydrogen-bond donors (Lipinski definition) is 1. The molecule has 2 aromatic rings. The molecule has 2 N–H and O–H groups in total. The van der Waals surface area contributed by atoms with Crippen LogP contribution in [-0.4, -0.2) is 7.11 Å². The third-order valence-electron chi connectivity index (χ3n) is 3.06. The van der Waals surface area contributed by atoms with Gasteiger partial charge in [0, 0.05) is 15.5 Å². The van der Waals surface area contributed by atoms with Gasteiger partial charge in [-0.2, -0.15) is 0 Å². The number of rotatable bonds is 4. The van der Waals surface area contributed by atoms with Gasteiger partial charge in [0.25, 0.3) is 0 Å². The Hall–Kier alpha value is -1.10. The van der Waals surface area contributed by atoms with E-state index in [-0.39, 0.29) is 17.6 Å². The maximum absolute atomic E-state index is 14.1. The van der Waals surface area contributed by atoms with Crippen molar-refractivity contribution in [3.63, 3.8) is 0 Å². The lowest BCUT2D eigenvalue weighted by Gasteiger charge is -2.15. The molecule has 1 unspecified atom stereocenters. The molecule has 2 aromatic carbocycles. The van der Waals surface area contributed by atoms with Crippen LogP contribution in [0.5, 0.6) is 5.75 Å². The summed E-state index contributed by atoms with van der Waals surface area (Å²) in [5, 5.41) is 0.573. The number of halogens is 3. The number of nitrogens with two attached hydrogens (primary N) is 1. The molecule has 2 nitrogen and oxygen atoms in total. The molecule has 0 aromatic heterocycles. The van der Waals surface area contributed by atoms with Crippen LogP contribution < -0.4 is 10.5 Å². The minimum atomic E-state index is -0.387. The highest BCUT2D eigenvalue weighted by Gasteiger charge is 2.15. The van der Waals surface area contributed by atoms with Crippen LogP contribution in [0.3, 0.4) is 0 Å². The van der Waals surface area contributed by atoms with E-state index in [1.54, 1.807) is 24.3 Å². The highest BCUT2D eigenvalue weighted by atomic mass is 79.9. The van der Waals surface area contributed by atoms with Crippen molar-refractivity contribution in [3.8, 4) is 5.75 Å². The van der Waals surface area contributed by atoms with E-state index in [4.69, 9.17) is 22.1 Å². The Bertz CT molecular complexity index is 621. The Morgan fingerprint density at radius 1 is 1.35 bits per heavy atom. The zero-order valence-electron chi connectivity index (χ0n) is 10.9. The van der Waals surface area contributed by atoms with E-state index in [0.717, 1.165) is 10.0 Å². The first-order chi connectivity index (χ1) is 9.52. The normalized spacial score (nSPS) is 12.2. The van der Waals surface area contributed by atoms with E-state index >= 15 is 0 Å². The summed E-state index contributed by atoms with van der Waals surface area (Å²) in [4.78, 5) is 0. The summed E-state index contributed by atoms with van der Waals surface area (Å²) in [7, 11) is 1.44. The average Bonchev–Trinajstić information content (AvgIpc) is 2.43. The molecule has 0 radical (unpaired) electrons. The highest BCUT2D eigenvalue weighted by molar-refractivity contribution is 9.10. The molecular formula is C15H14BrClFNO. The number of ether oxygens (including phenoxy) is 1. The predicted octanol–water partition coefficient (Wildman–Crippen LogP) is 4.49. The van der Waals surface area contributed by atoms with Crippen molar-refractivity contribution >= 4 is 27.5 Å². The topological polar surface area (TPSA) is 35.2 Å². The van der Waals surface area contributed by atoms with Crippen LogP contribution in [0.25, 0.3) is 0 Å². The molecule has 0 fully saturated rings. The number of benzene rings is 2. The second-order valence-electron chi connectivity index (χ2n) is 4.41. The summed E-state index contributed by atoms with van der Waals surface area (Å²) >= 11 is 9.52. The largest absolute Gasteiger partial charge is 0.494 e. The number of hydrogen-bond acceptors (Lipinski definition) is 2. The zero-order chi connectivity index (χ0) is 14.7. The van der Waals surface area contributed by atoms with Gasteiger partial charge in [-0.3, -0.25) is 0 Å². The van der Waals surface area contributed by atoms with Crippen LogP contribution in [-0.2, 0) is 6.42 Å². The first kappa shape index (κ1) is 15.3. The Morgan fingerprint density at radius 2 is 2.10 bits per heavy atom. The zero-order valence-corrected chi connectivity index (χ0v) is 13.2. The first-order valence-electron chi connectivity index (χ1n) is 6.05. The van der Waals surface area contributed by atoms with Crippen molar-refractivity contribution < 1.29 is 9.13 Å². The van der Waals surface area contributed by atoms with Crippen molar-refractivity contribution in [1.29, 1.82) is 0 Å². The summed E-state index contributed by atoms with van der Waals surface area (Å²) in [6.07, 6.45) is 0.346.